The predicted octanol–water partition coefficient (Wildman–Crippen LogP) is 3.63. The van der Waals surface area contributed by atoms with Gasteiger partial charge in [-0.1, -0.05) is 30.3 Å². The maximum atomic E-state index is 13.9. The highest BCUT2D eigenvalue weighted by atomic mass is 19.1. The summed E-state index contributed by atoms with van der Waals surface area (Å²) >= 11 is 0. The smallest absolute Gasteiger partial charge is 0.230 e. The van der Waals surface area contributed by atoms with Crippen LogP contribution in [0.1, 0.15) is 18.4 Å². The topological polar surface area (TPSA) is 23.6 Å². The van der Waals surface area contributed by atoms with Crippen LogP contribution in [-0.2, 0) is 11.2 Å². The number of carbonyl (C=O) groups excluding carboxylic acids is 1. The van der Waals surface area contributed by atoms with Crippen molar-refractivity contribution >= 4 is 17.3 Å². The summed E-state index contributed by atoms with van der Waals surface area (Å²) in [6.07, 6.45) is 2.51. The fraction of sp³-hybridized carbons (Fsp3) is 0.350. The lowest BCUT2D eigenvalue weighted by molar-refractivity contribution is -0.122. The lowest BCUT2D eigenvalue weighted by atomic mass is 9.94. The van der Waals surface area contributed by atoms with Crippen LogP contribution >= 0.6 is 0 Å². The minimum Gasteiger partial charge on any atom is -0.369 e. The van der Waals surface area contributed by atoms with Crippen LogP contribution in [0.2, 0.25) is 0 Å². The van der Waals surface area contributed by atoms with E-state index in [2.05, 4.69) is 11.0 Å². The van der Waals surface area contributed by atoms with E-state index in [1.807, 2.05) is 35.2 Å². The average Bonchev–Trinajstić information content (AvgIpc) is 3.06. The average molecular weight is 324 g/mol. The summed E-state index contributed by atoms with van der Waals surface area (Å²) in [5.74, 6) is 0.0862. The second kappa shape index (κ2) is 6.27. The van der Waals surface area contributed by atoms with Gasteiger partial charge in [0, 0.05) is 31.2 Å². The molecule has 0 saturated carbocycles. The number of para-hydroxylation sites is 2. The molecule has 3 nitrogen and oxygen atoms in total. The van der Waals surface area contributed by atoms with Crippen molar-refractivity contribution in [1.82, 2.24) is 0 Å². The number of rotatable bonds is 2. The molecule has 0 radical (unpaired) electrons. The first-order valence-electron chi connectivity index (χ1n) is 8.63. The Morgan fingerprint density at radius 1 is 0.917 bits per heavy atom. The molecule has 0 aliphatic carbocycles. The first-order chi connectivity index (χ1) is 11.7. The van der Waals surface area contributed by atoms with E-state index in [1.165, 1.54) is 11.6 Å². The van der Waals surface area contributed by atoms with E-state index < -0.39 is 0 Å². The zero-order chi connectivity index (χ0) is 16.5. The molecule has 1 saturated heterocycles. The maximum Gasteiger partial charge on any atom is 0.230 e. The van der Waals surface area contributed by atoms with E-state index in [-0.39, 0.29) is 17.6 Å². The molecule has 2 aromatic rings. The Morgan fingerprint density at radius 3 is 2.33 bits per heavy atom. The number of amides is 1. The molecule has 2 aliphatic rings. The van der Waals surface area contributed by atoms with Crippen LogP contribution in [-0.4, -0.2) is 25.5 Å². The van der Waals surface area contributed by atoms with Gasteiger partial charge in [-0.25, -0.2) is 4.39 Å². The van der Waals surface area contributed by atoms with Crippen LogP contribution in [0, 0.1) is 11.7 Å². The third-order valence-corrected chi connectivity index (χ3v) is 5.19. The summed E-state index contributed by atoms with van der Waals surface area (Å²) < 4.78 is 13.9. The van der Waals surface area contributed by atoms with Crippen molar-refractivity contribution in [3.05, 3.63) is 59.9 Å². The van der Waals surface area contributed by atoms with Gasteiger partial charge in [0.2, 0.25) is 5.91 Å². The van der Waals surface area contributed by atoms with Crippen LogP contribution in [0.4, 0.5) is 15.8 Å². The van der Waals surface area contributed by atoms with Crippen molar-refractivity contribution in [2.45, 2.75) is 19.3 Å². The van der Waals surface area contributed by atoms with Gasteiger partial charge in [-0.2, -0.15) is 0 Å². The van der Waals surface area contributed by atoms with Gasteiger partial charge in [0.1, 0.15) is 5.82 Å². The van der Waals surface area contributed by atoms with Crippen molar-refractivity contribution < 1.29 is 9.18 Å². The maximum absolute atomic E-state index is 13.9. The summed E-state index contributed by atoms with van der Waals surface area (Å²) in [6, 6.07) is 15.0. The molecule has 2 heterocycles. The Bertz CT molecular complexity index is 753. The third kappa shape index (κ3) is 2.66. The highest BCUT2D eigenvalue weighted by Gasteiger charge is 2.32. The molecule has 0 unspecified atom stereocenters. The molecule has 1 amide bonds. The monoisotopic (exact) mass is 324 g/mol. The number of halogens is 1. The fourth-order valence-corrected chi connectivity index (χ4v) is 3.86. The highest BCUT2D eigenvalue weighted by Crippen LogP contribution is 2.32. The number of nitrogens with zero attached hydrogens (tertiary/aromatic N) is 2. The molecule has 0 N–H and O–H groups in total. The van der Waals surface area contributed by atoms with E-state index in [9.17, 15) is 9.18 Å². The quantitative estimate of drug-likeness (QED) is 0.842. The van der Waals surface area contributed by atoms with Gasteiger partial charge in [-0.3, -0.25) is 4.79 Å². The van der Waals surface area contributed by atoms with Gasteiger partial charge >= 0.3 is 0 Å². The van der Waals surface area contributed by atoms with Crippen LogP contribution < -0.4 is 9.80 Å². The largest absolute Gasteiger partial charge is 0.369 e. The van der Waals surface area contributed by atoms with E-state index in [0.717, 1.165) is 44.6 Å². The molecular weight excluding hydrogens is 303 g/mol. The van der Waals surface area contributed by atoms with Crippen LogP contribution in [0.3, 0.4) is 0 Å². The Morgan fingerprint density at radius 2 is 1.58 bits per heavy atom. The molecule has 0 bridgehead atoms. The zero-order valence-electron chi connectivity index (χ0n) is 13.6. The van der Waals surface area contributed by atoms with Crippen molar-refractivity contribution in [2.75, 3.05) is 29.4 Å². The molecule has 0 spiro atoms. The van der Waals surface area contributed by atoms with E-state index >= 15 is 0 Å². The van der Waals surface area contributed by atoms with Crippen molar-refractivity contribution in [1.29, 1.82) is 0 Å². The molecule has 124 valence electrons. The Balaban J connectivity index is 1.43. The Hall–Kier alpha value is -2.36. The number of hydrogen-bond acceptors (Lipinski definition) is 2. The lowest BCUT2D eigenvalue weighted by Crippen LogP contribution is -2.42. The number of benzene rings is 2. The van der Waals surface area contributed by atoms with Gasteiger partial charge in [0.25, 0.3) is 0 Å². The van der Waals surface area contributed by atoms with Crippen molar-refractivity contribution in [3.8, 4) is 0 Å². The molecule has 1 fully saturated rings. The molecule has 0 aromatic heterocycles. The van der Waals surface area contributed by atoms with Crippen molar-refractivity contribution in [2.24, 2.45) is 5.92 Å². The van der Waals surface area contributed by atoms with Gasteiger partial charge in [0.05, 0.1) is 5.69 Å². The number of carbonyl (C=O) groups is 1. The molecule has 4 heteroatoms. The first kappa shape index (κ1) is 15.2. The third-order valence-electron chi connectivity index (χ3n) is 5.19. The summed E-state index contributed by atoms with van der Waals surface area (Å²) in [5, 5.41) is 0. The fourth-order valence-electron chi connectivity index (χ4n) is 3.86. The second-order valence-electron chi connectivity index (χ2n) is 6.58. The Kier molecular flexibility index (Phi) is 3.97. The van der Waals surface area contributed by atoms with Gasteiger partial charge < -0.3 is 9.80 Å². The summed E-state index contributed by atoms with van der Waals surface area (Å²) in [4.78, 5) is 16.9. The normalized spacial score (nSPS) is 17.9. The molecule has 24 heavy (non-hydrogen) atoms. The number of piperidine rings is 1. The first-order valence-corrected chi connectivity index (χ1v) is 8.63. The molecule has 2 aliphatic heterocycles. The minimum absolute atomic E-state index is 0.0409. The van der Waals surface area contributed by atoms with E-state index in [4.69, 9.17) is 0 Å². The molecule has 0 atom stereocenters. The predicted molar refractivity (Wildman–Crippen MR) is 93.8 cm³/mol. The standard InChI is InChI=1S/C20H21FN2O/c21-17-6-2-4-8-19(17)22-12-9-16(10-13-22)20(24)23-14-11-15-5-1-3-7-18(15)23/h1-8,16H,9-14H2. The van der Waals surface area contributed by atoms with Gasteiger partial charge in [-0.15, -0.1) is 0 Å². The van der Waals surface area contributed by atoms with Gasteiger partial charge in [0.15, 0.2) is 0 Å². The van der Waals surface area contributed by atoms with Crippen molar-refractivity contribution in [3.63, 3.8) is 0 Å². The number of anilines is 2. The molecule has 4 rings (SSSR count). The van der Waals surface area contributed by atoms with Crippen LogP contribution in [0.5, 0.6) is 0 Å². The zero-order valence-corrected chi connectivity index (χ0v) is 13.6. The van der Waals surface area contributed by atoms with Crippen LogP contribution in [0.15, 0.2) is 48.5 Å². The number of fused-ring (bicyclic) bond motifs is 1. The minimum atomic E-state index is -0.184. The summed E-state index contributed by atoms with van der Waals surface area (Å²) in [6.45, 7) is 2.24. The second-order valence-corrected chi connectivity index (χ2v) is 6.58. The Labute approximate surface area is 141 Å². The lowest BCUT2D eigenvalue weighted by Gasteiger charge is -2.34. The van der Waals surface area contributed by atoms with E-state index in [0.29, 0.717) is 5.69 Å². The molecular formula is C20H21FN2O. The SMILES string of the molecule is O=C(C1CCN(c2ccccc2F)CC1)N1CCc2ccccc21. The number of hydrogen-bond donors (Lipinski definition) is 0. The highest BCUT2D eigenvalue weighted by molar-refractivity contribution is 5.97. The van der Waals surface area contributed by atoms with E-state index in [1.54, 1.807) is 6.07 Å². The molecule has 2 aromatic carbocycles. The van der Waals surface area contributed by atoms with Gasteiger partial charge in [-0.05, 0) is 43.0 Å². The summed E-state index contributed by atoms with van der Waals surface area (Å²) in [7, 11) is 0. The van der Waals surface area contributed by atoms with Crippen LogP contribution in [0.25, 0.3) is 0 Å². The summed E-state index contributed by atoms with van der Waals surface area (Å²) in [5.41, 5.74) is 2.98.